The van der Waals surface area contributed by atoms with Crippen LogP contribution in [-0.4, -0.2) is 36.8 Å². The number of aliphatic hydroxyl groups excluding tert-OH is 1. The van der Waals surface area contributed by atoms with Gasteiger partial charge in [-0.3, -0.25) is 0 Å². The molecule has 5 rings (SSSR count). The van der Waals surface area contributed by atoms with E-state index in [9.17, 15) is 9.50 Å². The predicted molar refractivity (Wildman–Crippen MR) is 113 cm³/mol. The third kappa shape index (κ3) is 3.81. The fourth-order valence-electron chi connectivity index (χ4n) is 4.52. The van der Waals surface area contributed by atoms with Crippen LogP contribution in [0.2, 0.25) is 0 Å². The third-order valence-electron chi connectivity index (χ3n) is 6.22. The largest absolute Gasteiger partial charge is 0.393 e. The van der Waals surface area contributed by atoms with Gasteiger partial charge in [0.15, 0.2) is 0 Å². The molecule has 0 atom stereocenters. The lowest BCUT2D eigenvalue weighted by Gasteiger charge is -2.32. The number of hydrogen-bond acceptors (Lipinski definition) is 5. The summed E-state index contributed by atoms with van der Waals surface area (Å²) in [4.78, 5) is 13.9. The van der Waals surface area contributed by atoms with Gasteiger partial charge < -0.3 is 15.0 Å². The number of imidazole rings is 1. The van der Waals surface area contributed by atoms with Gasteiger partial charge in [0.05, 0.1) is 29.5 Å². The summed E-state index contributed by atoms with van der Waals surface area (Å²) in [5.41, 5.74) is 3.43. The molecule has 2 N–H and O–H groups in total. The molecule has 2 saturated carbocycles. The average molecular weight is 407 g/mol. The maximum absolute atomic E-state index is 13.5. The summed E-state index contributed by atoms with van der Waals surface area (Å²) < 4.78 is 15.7. The second kappa shape index (κ2) is 8.14. The highest BCUT2D eigenvalue weighted by molar-refractivity contribution is 5.77. The van der Waals surface area contributed by atoms with Crippen LogP contribution in [0.15, 0.2) is 42.9 Å². The maximum atomic E-state index is 13.5. The van der Waals surface area contributed by atoms with Crippen molar-refractivity contribution in [3.05, 3.63) is 48.7 Å². The molecular weight excluding hydrogens is 381 g/mol. The summed E-state index contributed by atoms with van der Waals surface area (Å²) in [6.45, 7) is 0. The molecule has 0 bridgehead atoms. The number of benzene rings is 1. The van der Waals surface area contributed by atoms with Gasteiger partial charge in [0, 0.05) is 23.8 Å². The van der Waals surface area contributed by atoms with E-state index < -0.39 is 0 Å². The van der Waals surface area contributed by atoms with Crippen LogP contribution in [0, 0.1) is 5.82 Å². The lowest BCUT2D eigenvalue weighted by Crippen LogP contribution is -2.39. The summed E-state index contributed by atoms with van der Waals surface area (Å²) >= 11 is 0. The molecule has 0 saturated heterocycles. The Hall–Kier alpha value is -2.80. The molecule has 0 aliphatic heterocycles. The van der Waals surface area contributed by atoms with Gasteiger partial charge >= 0.3 is 0 Å². The van der Waals surface area contributed by atoms with Crippen LogP contribution in [-0.2, 0) is 0 Å². The first-order chi connectivity index (χ1) is 14.7. The van der Waals surface area contributed by atoms with Gasteiger partial charge in [-0.1, -0.05) is 19.3 Å². The van der Waals surface area contributed by atoms with E-state index in [0.717, 1.165) is 35.5 Å². The van der Waals surface area contributed by atoms with Crippen molar-refractivity contribution < 1.29 is 9.50 Å². The Morgan fingerprint density at radius 3 is 2.50 bits per heavy atom. The number of anilines is 1. The molecular formula is C23H26FN5O. The van der Waals surface area contributed by atoms with Crippen molar-refractivity contribution in [2.45, 2.75) is 63.1 Å². The molecule has 2 aromatic heterocycles. The molecule has 1 aromatic carbocycles. The van der Waals surface area contributed by atoms with Crippen molar-refractivity contribution in [1.82, 2.24) is 19.5 Å². The van der Waals surface area contributed by atoms with Gasteiger partial charge in [0.2, 0.25) is 5.95 Å². The Kier molecular flexibility index (Phi) is 5.21. The van der Waals surface area contributed by atoms with Crippen LogP contribution >= 0.6 is 0 Å². The summed E-state index contributed by atoms with van der Waals surface area (Å²) in [6, 6.07) is 8.97. The Labute approximate surface area is 175 Å². The van der Waals surface area contributed by atoms with E-state index in [1.807, 2.05) is 12.4 Å². The van der Waals surface area contributed by atoms with Gasteiger partial charge in [-0.2, -0.15) is 0 Å². The highest BCUT2D eigenvalue weighted by Crippen LogP contribution is 2.37. The molecule has 0 amide bonds. The van der Waals surface area contributed by atoms with E-state index >= 15 is 0 Å². The smallest absolute Gasteiger partial charge is 0.223 e. The van der Waals surface area contributed by atoms with Gasteiger partial charge in [0.1, 0.15) is 5.82 Å². The molecule has 0 radical (unpaired) electrons. The van der Waals surface area contributed by atoms with Crippen molar-refractivity contribution in [3.8, 4) is 22.6 Å². The molecule has 0 spiro atoms. The zero-order valence-electron chi connectivity index (χ0n) is 16.8. The lowest BCUT2D eigenvalue weighted by atomic mass is 9.90. The molecule has 3 aromatic rings. The summed E-state index contributed by atoms with van der Waals surface area (Å²) in [7, 11) is 0. The number of hydrogen-bond donors (Lipinski definition) is 2. The maximum Gasteiger partial charge on any atom is 0.223 e. The summed E-state index contributed by atoms with van der Waals surface area (Å²) in [5.74, 6) is 0.300. The van der Waals surface area contributed by atoms with Crippen LogP contribution < -0.4 is 5.32 Å². The molecule has 2 fully saturated rings. The SMILES string of the molecule is O[C@H]1C[C@@H](Nc2nccc(-c3c(-c4ccc(F)cc4)ncn3C3CCCCC3)n2)C1. The standard InChI is InChI=1S/C23H26FN5O/c24-16-8-6-15(7-9-16)21-22(29(14-26-21)18-4-2-1-3-5-18)20-10-11-25-23(28-20)27-17-12-19(30)13-17/h6-11,14,17-19,30H,1-5,12-13H2,(H,25,27,28)/t17-,19+. The number of nitrogens with zero attached hydrogens (tertiary/aromatic N) is 4. The third-order valence-corrected chi connectivity index (χ3v) is 6.22. The molecule has 2 aliphatic carbocycles. The average Bonchev–Trinajstić information content (AvgIpc) is 3.19. The Bertz CT molecular complexity index is 1010. The molecule has 2 aliphatic rings. The minimum Gasteiger partial charge on any atom is -0.393 e. The normalized spacial score (nSPS) is 21.9. The van der Waals surface area contributed by atoms with E-state index in [4.69, 9.17) is 9.97 Å². The van der Waals surface area contributed by atoms with Crippen LogP contribution in [0.25, 0.3) is 22.6 Å². The highest BCUT2D eigenvalue weighted by Gasteiger charge is 2.28. The van der Waals surface area contributed by atoms with Gasteiger partial charge in [-0.15, -0.1) is 0 Å². The van der Waals surface area contributed by atoms with E-state index in [1.165, 1.54) is 31.4 Å². The summed E-state index contributed by atoms with van der Waals surface area (Å²) in [5, 5.41) is 12.9. The topological polar surface area (TPSA) is 75.9 Å². The second-order valence-corrected chi connectivity index (χ2v) is 8.38. The second-order valence-electron chi connectivity index (χ2n) is 8.38. The first kappa shape index (κ1) is 19.2. The molecule has 6 nitrogen and oxygen atoms in total. The number of rotatable bonds is 5. The van der Waals surface area contributed by atoms with Crippen LogP contribution in [0.1, 0.15) is 51.0 Å². The Balaban J connectivity index is 1.54. The van der Waals surface area contributed by atoms with Crippen molar-refractivity contribution in [2.24, 2.45) is 0 Å². The summed E-state index contributed by atoms with van der Waals surface area (Å²) in [6.07, 6.45) is 10.8. The zero-order valence-corrected chi connectivity index (χ0v) is 16.8. The fraction of sp³-hybridized carbons (Fsp3) is 0.435. The monoisotopic (exact) mass is 407 g/mol. The van der Waals surface area contributed by atoms with E-state index in [0.29, 0.717) is 24.8 Å². The Morgan fingerprint density at radius 2 is 1.77 bits per heavy atom. The molecule has 2 heterocycles. The number of nitrogens with one attached hydrogen (secondary N) is 1. The van der Waals surface area contributed by atoms with Gasteiger partial charge in [-0.05, 0) is 56.0 Å². The molecule has 30 heavy (non-hydrogen) atoms. The number of aromatic nitrogens is 4. The zero-order chi connectivity index (χ0) is 20.5. The lowest BCUT2D eigenvalue weighted by molar-refractivity contribution is 0.0834. The van der Waals surface area contributed by atoms with Gasteiger partial charge in [0.25, 0.3) is 0 Å². The minimum absolute atomic E-state index is 0.204. The molecule has 7 heteroatoms. The van der Waals surface area contributed by atoms with Crippen LogP contribution in [0.5, 0.6) is 0 Å². The van der Waals surface area contributed by atoms with Crippen molar-refractivity contribution >= 4 is 5.95 Å². The molecule has 156 valence electrons. The van der Waals surface area contributed by atoms with E-state index in [2.05, 4.69) is 14.9 Å². The van der Waals surface area contributed by atoms with Crippen molar-refractivity contribution in [3.63, 3.8) is 0 Å². The fourth-order valence-corrected chi connectivity index (χ4v) is 4.52. The van der Waals surface area contributed by atoms with E-state index in [-0.39, 0.29) is 18.0 Å². The first-order valence-electron chi connectivity index (χ1n) is 10.8. The Morgan fingerprint density at radius 1 is 1.00 bits per heavy atom. The number of aliphatic hydroxyl groups is 1. The van der Waals surface area contributed by atoms with Crippen molar-refractivity contribution in [2.75, 3.05) is 5.32 Å². The first-order valence-corrected chi connectivity index (χ1v) is 10.8. The highest BCUT2D eigenvalue weighted by atomic mass is 19.1. The molecule has 0 unspecified atom stereocenters. The van der Waals surface area contributed by atoms with E-state index in [1.54, 1.807) is 18.3 Å². The predicted octanol–water partition coefficient (Wildman–Crippen LogP) is 4.59. The van der Waals surface area contributed by atoms with Crippen molar-refractivity contribution in [1.29, 1.82) is 0 Å². The quantitative estimate of drug-likeness (QED) is 0.647. The van der Waals surface area contributed by atoms with Crippen LogP contribution in [0.3, 0.4) is 0 Å². The van der Waals surface area contributed by atoms with Gasteiger partial charge in [-0.25, -0.2) is 19.3 Å². The minimum atomic E-state index is -0.261. The number of halogens is 1. The van der Waals surface area contributed by atoms with Crippen LogP contribution in [0.4, 0.5) is 10.3 Å².